The van der Waals surface area contributed by atoms with Crippen molar-refractivity contribution in [3.8, 4) is 5.75 Å². The molecule has 2 heterocycles. The Labute approximate surface area is 196 Å². The molecule has 2 aromatic carbocycles. The Kier molecular flexibility index (Phi) is 7.39. The Morgan fingerprint density at radius 3 is 2.75 bits per heavy atom. The van der Waals surface area contributed by atoms with Crippen molar-refractivity contribution in [2.24, 2.45) is 0 Å². The van der Waals surface area contributed by atoms with Gasteiger partial charge in [0.15, 0.2) is 5.13 Å². The number of anilines is 1. The van der Waals surface area contributed by atoms with Crippen LogP contribution in [0.3, 0.4) is 0 Å². The van der Waals surface area contributed by atoms with Crippen LogP contribution in [-0.4, -0.2) is 28.2 Å². The summed E-state index contributed by atoms with van der Waals surface area (Å²) >= 11 is 3.21. The summed E-state index contributed by atoms with van der Waals surface area (Å²) in [5.74, 6) is 1.58. The summed E-state index contributed by atoms with van der Waals surface area (Å²) in [6.45, 7) is 5.09. The summed E-state index contributed by atoms with van der Waals surface area (Å²) in [6.07, 6.45) is 3.96. The first-order chi connectivity index (χ1) is 15.6. The van der Waals surface area contributed by atoms with Crippen molar-refractivity contribution in [3.63, 3.8) is 0 Å². The van der Waals surface area contributed by atoms with Crippen LogP contribution >= 0.6 is 23.1 Å². The lowest BCUT2D eigenvalue weighted by Gasteiger charge is -2.20. The molecule has 32 heavy (non-hydrogen) atoms. The average molecular weight is 464 g/mol. The zero-order chi connectivity index (χ0) is 22.3. The third-order valence-electron chi connectivity index (χ3n) is 4.86. The van der Waals surface area contributed by atoms with Crippen LogP contribution in [0.4, 0.5) is 5.13 Å². The van der Waals surface area contributed by atoms with Crippen molar-refractivity contribution in [1.29, 1.82) is 0 Å². The number of nitrogens with zero attached hydrogens (tertiary/aromatic N) is 3. The molecule has 0 aliphatic heterocycles. The molecule has 0 aliphatic carbocycles. The van der Waals surface area contributed by atoms with E-state index in [0.29, 0.717) is 30.5 Å². The van der Waals surface area contributed by atoms with Crippen LogP contribution in [0.25, 0.3) is 10.2 Å². The lowest BCUT2D eigenvalue weighted by molar-refractivity contribution is -0.118. The molecule has 0 saturated heterocycles. The number of amides is 1. The fourth-order valence-electron chi connectivity index (χ4n) is 3.23. The number of aromatic nitrogens is 2. The summed E-state index contributed by atoms with van der Waals surface area (Å²) < 4.78 is 6.62. The molecule has 164 valence electrons. The summed E-state index contributed by atoms with van der Waals surface area (Å²) in [5.41, 5.74) is 3.07. The van der Waals surface area contributed by atoms with Crippen molar-refractivity contribution in [3.05, 3.63) is 78.1 Å². The Morgan fingerprint density at radius 2 is 2.00 bits per heavy atom. The Hall–Kier alpha value is -2.90. The number of benzene rings is 2. The number of thioether (sulfide) groups is 1. The molecule has 4 aromatic rings. The van der Waals surface area contributed by atoms with Gasteiger partial charge in [-0.05, 0) is 55.8 Å². The predicted molar refractivity (Wildman–Crippen MR) is 133 cm³/mol. The second-order valence-electron chi connectivity index (χ2n) is 7.31. The number of hydrogen-bond donors (Lipinski definition) is 0. The second-order valence-corrected chi connectivity index (χ2v) is 9.49. The van der Waals surface area contributed by atoms with Crippen molar-refractivity contribution < 1.29 is 9.53 Å². The highest BCUT2D eigenvalue weighted by atomic mass is 32.2. The summed E-state index contributed by atoms with van der Waals surface area (Å²) in [5, 5.41) is 0.697. The standard InChI is InChI=1S/C25H25N3O2S2/c1-3-30-20-8-11-22-23(15-20)32-25(27-22)28(17-19-5-4-13-26-16-19)24(29)12-14-31-21-9-6-18(2)7-10-21/h4-11,13,15-16H,3,12,14,17H2,1-2H3. The molecular weight excluding hydrogens is 438 g/mol. The molecule has 0 N–H and O–H groups in total. The third-order valence-corrected chi connectivity index (χ3v) is 6.92. The van der Waals surface area contributed by atoms with Crippen molar-refractivity contribution >= 4 is 44.4 Å². The summed E-state index contributed by atoms with van der Waals surface area (Å²) in [4.78, 5) is 25.2. The molecule has 0 fully saturated rings. The molecule has 7 heteroatoms. The maximum Gasteiger partial charge on any atom is 0.229 e. The molecule has 0 aliphatic rings. The average Bonchev–Trinajstić information content (AvgIpc) is 3.22. The molecule has 5 nitrogen and oxygen atoms in total. The van der Waals surface area contributed by atoms with Gasteiger partial charge in [0.1, 0.15) is 5.75 Å². The van der Waals surface area contributed by atoms with Crippen molar-refractivity contribution in [2.75, 3.05) is 17.3 Å². The molecule has 2 aromatic heterocycles. The van der Waals surface area contributed by atoms with Gasteiger partial charge in [0, 0.05) is 29.5 Å². The van der Waals surface area contributed by atoms with Crippen LogP contribution in [0.2, 0.25) is 0 Å². The van der Waals surface area contributed by atoms with E-state index in [9.17, 15) is 4.79 Å². The molecule has 4 rings (SSSR count). The minimum Gasteiger partial charge on any atom is -0.494 e. The van der Waals surface area contributed by atoms with Crippen LogP contribution < -0.4 is 9.64 Å². The first kappa shape index (κ1) is 22.3. The molecule has 1 amide bonds. The van der Waals surface area contributed by atoms with E-state index in [0.717, 1.165) is 21.5 Å². The Balaban J connectivity index is 1.53. The van der Waals surface area contributed by atoms with E-state index in [1.807, 2.05) is 37.3 Å². The SMILES string of the molecule is CCOc1ccc2nc(N(Cc3cccnc3)C(=O)CCSc3ccc(C)cc3)sc2c1. The monoisotopic (exact) mass is 463 g/mol. The normalized spacial score (nSPS) is 10.9. The fraction of sp³-hybridized carbons (Fsp3) is 0.240. The number of carbonyl (C=O) groups excluding carboxylic acids is 1. The fourth-order valence-corrected chi connectivity index (χ4v) is 5.08. The van der Waals surface area contributed by atoms with Crippen LogP contribution in [0, 0.1) is 6.92 Å². The van der Waals surface area contributed by atoms with Gasteiger partial charge in [-0.2, -0.15) is 0 Å². The van der Waals surface area contributed by atoms with Gasteiger partial charge in [-0.3, -0.25) is 14.7 Å². The van der Waals surface area contributed by atoms with Gasteiger partial charge in [0.05, 0.1) is 23.4 Å². The molecule has 0 saturated carbocycles. The van der Waals surface area contributed by atoms with E-state index >= 15 is 0 Å². The minimum absolute atomic E-state index is 0.0533. The first-order valence-electron chi connectivity index (χ1n) is 10.5. The van der Waals surface area contributed by atoms with Gasteiger partial charge in [-0.25, -0.2) is 4.98 Å². The van der Waals surface area contributed by atoms with E-state index in [4.69, 9.17) is 9.72 Å². The van der Waals surface area contributed by atoms with Gasteiger partial charge >= 0.3 is 0 Å². The zero-order valence-corrected chi connectivity index (χ0v) is 19.8. The van der Waals surface area contributed by atoms with E-state index in [-0.39, 0.29) is 5.91 Å². The number of aryl methyl sites for hydroxylation is 1. The number of fused-ring (bicyclic) bond motifs is 1. The molecule has 0 unspecified atom stereocenters. The Bertz CT molecular complexity index is 1180. The molecule has 0 spiro atoms. The topological polar surface area (TPSA) is 55.3 Å². The van der Waals surface area contributed by atoms with Crippen LogP contribution in [0.1, 0.15) is 24.5 Å². The van der Waals surface area contributed by atoms with E-state index in [1.54, 1.807) is 29.1 Å². The second kappa shape index (κ2) is 10.6. The van der Waals surface area contributed by atoms with E-state index in [1.165, 1.54) is 21.8 Å². The lowest BCUT2D eigenvalue weighted by Crippen LogP contribution is -2.30. The van der Waals surface area contributed by atoms with Crippen molar-refractivity contribution in [1.82, 2.24) is 9.97 Å². The molecular formula is C25H25N3O2S2. The number of hydrogen-bond acceptors (Lipinski definition) is 6. The zero-order valence-electron chi connectivity index (χ0n) is 18.2. The van der Waals surface area contributed by atoms with Crippen LogP contribution in [0.15, 0.2) is 71.9 Å². The molecule has 0 radical (unpaired) electrons. The maximum atomic E-state index is 13.3. The maximum absolute atomic E-state index is 13.3. The number of ether oxygens (including phenoxy) is 1. The Morgan fingerprint density at radius 1 is 1.16 bits per heavy atom. The number of carbonyl (C=O) groups is 1. The summed E-state index contributed by atoms with van der Waals surface area (Å²) in [7, 11) is 0. The van der Waals surface area contributed by atoms with Gasteiger partial charge < -0.3 is 4.74 Å². The number of rotatable bonds is 9. The van der Waals surface area contributed by atoms with Gasteiger partial charge in [-0.1, -0.05) is 35.1 Å². The summed E-state index contributed by atoms with van der Waals surface area (Å²) in [6, 6.07) is 18.1. The lowest BCUT2D eigenvalue weighted by atomic mass is 10.2. The van der Waals surface area contributed by atoms with Crippen LogP contribution in [0.5, 0.6) is 5.75 Å². The van der Waals surface area contributed by atoms with Gasteiger partial charge in [0.2, 0.25) is 5.91 Å². The highest BCUT2D eigenvalue weighted by Crippen LogP contribution is 2.33. The van der Waals surface area contributed by atoms with Crippen LogP contribution in [-0.2, 0) is 11.3 Å². The minimum atomic E-state index is 0.0533. The predicted octanol–water partition coefficient (Wildman–Crippen LogP) is 6.11. The number of pyridine rings is 1. The molecule has 0 atom stereocenters. The van der Waals surface area contributed by atoms with E-state index < -0.39 is 0 Å². The highest BCUT2D eigenvalue weighted by molar-refractivity contribution is 7.99. The smallest absolute Gasteiger partial charge is 0.229 e. The third kappa shape index (κ3) is 5.66. The largest absolute Gasteiger partial charge is 0.494 e. The highest BCUT2D eigenvalue weighted by Gasteiger charge is 2.20. The van der Waals surface area contributed by atoms with Gasteiger partial charge in [0.25, 0.3) is 0 Å². The quantitative estimate of drug-likeness (QED) is 0.280. The van der Waals surface area contributed by atoms with Crippen molar-refractivity contribution in [2.45, 2.75) is 31.7 Å². The number of thiazole rings is 1. The van der Waals surface area contributed by atoms with Gasteiger partial charge in [-0.15, -0.1) is 11.8 Å². The first-order valence-corrected chi connectivity index (χ1v) is 12.3. The molecule has 0 bridgehead atoms. The van der Waals surface area contributed by atoms with E-state index in [2.05, 4.69) is 36.2 Å².